The van der Waals surface area contributed by atoms with Gasteiger partial charge in [-0.3, -0.25) is 9.13 Å². The second-order valence-corrected chi connectivity index (χ2v) is 4.67. The topological polar surface area (TPSA) is 101 Å². The standard InChI is InChI=1S/C10H12N4O4S2/c1-3-4-12-6(16)8(18)14(10(12)20)13-7(17)5(15)11(2)9(13)19/h3,15-18H,1,4H2,2H3. The summed E-state index contributed by atoms with van der Waals surface area (Å²) in [5, 5.41) is 39.3. The van der Waals surface area contributed by atoms with E-state index in [4.69, 9.17) is 24.4 Å². The van der Waals surface area contributed by atoms with Gasteiger partial charge in [-0.05, 0) is 24.4 Å². The van der Waals surface area contributed by atoms with E-state index in [0.717, 1.165) is 13.9 Å². The summed E-state index contributed by atoms with van der Waals surface area (Å²) in [6.07, 6.45) is 1.47. The van der Waals surface area contributed by atoms with Crippen molar-refractivity contribution in [1.29, 1.82) is 0 Å². The second-order valence-electron chi connectivity index (χ2n) is 3.94. The lowest BCUT2D eigenvalue weighted by Crippen LogP contribution is -2.10. The van der Waals surface area contributed by atoms with E-state index in [-0.39, 0.29) is 16.1 Å². The van der Waals surface area contributed by atoms with Crippen molar-refractivity contribution in [3.8, 4) is 23.5 Å². The van der Waals surface area contributed by atoms with Crippen molar-refractivity contribution in [2.45, 2.75) is 6.54 Å². The third kappa shape index (κ3) is 1.72. The highest BCUT2D eigenvalue weighted by atomic mass is 32.1. The maximum atomic E-state index is 9.95. The van der Waals surface area contributed by atoms with Crippen LogP contribution in [0, 0.1) is 9.54 Å². The highest BCUT2D eigenvalue weighted by Gasteiger charge is 2.23. The Bertz CT molecular complexity index is 811. The van der Waals surface area contributed by atoms with E-state index in [1.807, 2.05) is 0 Å². The molecule has 2 aromatic rings. The molecule has 2 aromatic heterocycles. The van der Waals surface area contributed by atoms with Gasteiger partial charge in [0, 0.05) is 13.6 Å². The van der Waals surface area contributed by atoms with E-state index >= 15 is 0 Å². The van der Waals surface area contributed by atoms with Gasteiger partial charge in [0.25, 0.3) is 23.5 Å². The number of hydrogen-bond donors (Lipinski definition) is 4. The Balaban J connectivity index is 2.89. The Hall–Kier alpha value is -2.20. The number of allylic oxidation sites excluding steroid dienone is 1. The minimum absolute atomic E-state index is 0.0258. The van der Waals surface area contributed by atoms with Gasteiger partial charge in [0.1, 0.15) is 0 Å². The lowest BCUT2D eigenvalue weighted by molar-refractivity contribution is 0.327. The van der Waals surface area contributed by atoms with E-state index in [9.17, 15) is 20.4 Å². The molecule has 0 aromatic carbocycles. The molecule has 0 atom stereocenters. The van der Waals surface area contributed by atoms with E-state index in [1.165, 1.54) is 17.7 Å². The Morgan fingerprint density at radius 1 is 0.950 bits per heavy atom. The van der Waals surface area contributed by atoms with Gasteiger partial charge >= 0.3 is 0 Å². The fourth-order valence-corrected chi connectivity index (χ4v) is 2.32. The summed E-state index contributed by atoms with van der Waals surface area (Å²) >= 11 is 10.1. The van der Waals surface area contributed by atoms with Crippen molar-refractivity contribution >= 4 is 24.4 Å². The second kappa shape index (κ2) is 4.72. The van der Waals surface area contributed by atoms with Gasteiger partial charge in [-0.15, -0.1) is 6.58 Å². The fraction of sp³-hybridized carbons (Fsp3) is 0.200. The van der Waals surface area contributed by atoms with Crippen molar-refractivity contribution < 1.29 is 20.4 Å². The molecule has 0 radical (unpaired) electrons. The van der Waals surface area contributed by atoms with Crippen LogP contribution in [0.1, 0.15) is 0 Å². The normalized spacial score (nSPS) is 10.8. The summed E-state index contributed by atoms with van der Waals surface area (Å²) in [4.78, 5) is 0. The van der Waals surface area contributed by atoms with Crippen LogP contribution in [-0.2, 0) is 13.6 Å². The van der Waals surface area contributed by atoms with Gasteiger partial charge in [-0.1, -0.05) is 6.08 Å². The van der Waals surface area contributed by atoms with Crippen LogP contribution >= 0.6 is 24.4 Å². The van der Waals surface area contributed by atoms with Gasteiger partial charge in [-0.25, -0.2) is 0 Å². The van der Waals surface area contributed by atoms with Crippen molar-refractivity contribution in [1.82, 2.24) is 18.5 Å². The minimum atomic E-state index is -0.617. The minimum Gasteiger partial charge on any atom is -0.491 e. The third-order valence-electron chi connectivity index (χ3n) is 2.77. The lowest BCUT2D eigenvalue weighted by Gasteiger charge is -2.05. The van der Waals surface area contributed by atoms with Gasteiger partial charge in [0.15, 0.2) is 0 Å². The quantitative estimate of drug-likeness (QED) is 0.502. The first-order valence-corrected chi connectivity index (χ1v) is 6.19. The predicted octanol–water partition coefficient (Wildman–Crippen LogP) is 1.21. The van der Waals surface area contributed by atoms with Crippen LogP contribution in [0.15, 0.2) is 12.7 Å². The zero-order valence-electron chi connectivity index (χ0n) is 10.4. The zero-order valence-corrected chi connectivity index (χ0v) is 12.0. The van der Waals surface area contributed by atoms with Crippen LogP contribution < -0.4 is 0 Å². The molecule has 0 aliphatic rings. The van der Waals surface area contributed by atoms with Crippen molar-refractivity contribution in [3.05, 3.63) is 22.2 Å². The van der Waals surface area contributed by atoms with Crippen molar-refractivity contribution in [2.75, 3.05) is 0 Å². The van der Waals surface area contributed by atoms with E-state index in [1.54, 1.807) is 0 Å². The Kier molecular flexibility index (Phi) is 3.36. The fourth-order valence-electron chi connectivity index (χ4n) is 1.73. The van der Waals surface area contributed by atoms with Crippen LogP contribution in [0.3, 0.4) is 0 Å². The first-order chi connectivity index (χ1) is 9.32. The number of imidazole rings is 2. The first-order valence-electron chi connectivity index (χ1n) is 5.37. The molecule has 0 saturated heterocycles. The lowest BCUT2D eigenvalue weighted by atomic mass is 10.6. The van der Waals surface area contributed by atoms with Gasteiger partial charge in [0.2, 0.25) is 9.54 Å². The Labute approximate surface area is 123 Å². The molecule has 0 saturated carbocycles. The van der Waals surface area contributed by atoms with E-state index in [2.05, 4.69) is 6.58 Å². The number of aromatic nitrogens is 4. The Morgan fingerprint density at radius 2 is 1.45 bits per heavy atom. The van der Waals surface area contributed by atoms with E-state index in [0.29, 0.717) is 0 Å². The first kappa shape index (κ1) is 14.2. The molecular weight excluding hydrogens is 304 g/mol. The summed E-state index contributed by atoms with van der Waals surface area (Å²) in [6.45, 7) is 3.66. The molecular formula is C10H12N4O4S2. The molecule has 10 heteroatoms. The molecule has 0 aliphatic carbocycles. The largest absolute Gasteiger partial charge is 0.491 e. The van der Waals surface area contributed by atoms with Gasteiger partial charge in [0.05, 0.1) is 0 Å². The maximum absolute atomic E-state index is 9.95. The molecule has 0 unspecified atom stereocenters. The van der Waals surface area contributed by atoms with Crippen molar-refractivity contribution in [3.63, 3.8) is 0 Å². The molecule has 20 heavy (non-hydrogen) atoms. The number of rotatable bonds is 3. The van der Waals surface area contributed by atoms with Crippen LogP contribution in [-0.4, -0.2) is 38.9 Å². The molecule has 0 amide bonds. The average molecular weight is 316 g/mol. The smallest absolute Gasteiger partial charge is 0.276 e. The number of nitrogens with zero attached hydrogens (tertiary/aromatic N) is 4. The molecule has 0 aliphatic heterocycles. The summed E-state index contributed by atoms with van der Waals surface area (Å²) in [7, 11) is 1.43. The highest BCUT2D eigenvalue weighted by molar-refractivity contribution is 7.71. The molecule has 0 bridgehead atoms. The maximum Gasteiger partial charge on any atom is 0.276 e. The summed E-state index contributed by atoms with van der Waals surface area (Å²) in [5.74, 6) is -2.22. The SMILES string of the molecule is C=CCn1c(O)c(O)n(-n2c(O)c(O)n(C)c2=S)c1=S. The Morgan fingerprint density at radius 3 is 1.90 bits per heavy atom. The molecule has 2 heterocycles. The van der Waals surface area contributed by atoms with Crippen LogP contribution in [0.25, 0.3) is 0 Å². The number of hydrogen-bond acceptors (Lipinski definition) is 6. The summed E-state index contributed by atoms with van der Waals surface area (Å²) in [5.41, 5.74) is 0. The van der Waals surface area contributed by atoms with E-state index < -0.39 is 23.5 Å². The van der Waals surface area contributed by atoms with Crippen LogP contribution in [0.2, 0.25) is 0 Å². The predicted molar refractivity (Wildman–Crippen MR) is 75.1 cm³/mol. The van der Waals surface area contributed by atoms with Gasteiger partial charge in [-0.2, -0.15) is 9.35 Å². The van der Waals surface area contributed by atoms with Crippen LogP contribution in [0.5, 0.6) is 23.5 Å². The monoisotopic (exact) mass is 316 g/mol. The zero-order chi connectivity index (χ0) is 15.2. The summed E-state index contributed by atoms with van der Waals surface area (Å²) < 4.78 is 4.06. The van der Waals surface area contributed by atoms with Gasteiger partial charge < -0.3 is 20.4 Å². The molecule has 0 spiro atoms. The molecule has 108 valence electrons. The number of aromatic hydroxyl groups is 4. The third-order valence-corrected chi connectivity index (χ3v) is 3.61. The van der Waals surface area contributed by atoms with Crippen molar-refractivity contribution in [2.24, 2.45) is 7.05 Å². The molecule has 8 nitrogen and oxygen atoms in total. The molecule has 4 N–H and O–H groups in total. The van der Waals surface area contributed by atoms with Crippen LogP contribution in [0.4, 0.5) is 0 Å². The molecule has 0 fully saturated rings. The summed E-state index contributed by atoms with van der Waals surface area (Å²) in [6, 6.07) is 0. The highest BCUT2D eigenvalue weighted by Crippen LogP contribution is 2.33. The average Bonchev–Trinajstić information content (AvgIpc) is 2.73. The molecule has 2 rings (SSSR count).